The molecule has 1 saturated heterocycles. The van der Waals surface area contributed by atoms with Crippen LogP contribution in [0.1, 0.15) is 24.3 Å². The highest BCUT2D eigenvalue weighted by Crippen LogP contribution is 2.20. The molecule has 4 heteroatoms. The quantitative estimate of drug-likeness (QED) is 0.828. The van der Waals surface area contributed by atoms with Crippen molar-refractivity contribution in [2.75, 3.05) is 19.6 Å². The molecule has 0 bridgehead atoms. The molecule has 0 aliphatic carbocycles. The van der Waals surface area contributed by atoms with Crippen LogP contribution in [-0.2, 0) is 4.79 Å². The number of nitrogens with zero attached hydrogens (tertiary/aromatic N) is 1. The molecule has 1 aromatic carbocycles. The Kier molecular flexibility index (Phi) is 4.33. The van der Waals surface area contributed by atoms with Gasteiger partial charge in [-0.15, -0.1) is 0 Å². The van der Waals surface area contributed by atoms with Gasteiger partial charge < -0.3 is 15.7 Å². The van der Waals surface area contributed by atoms with Crippen LogP contribution in [0.4, 0.5) is 0 Å². The van der Waals surface area contributed by atoms with Crippen molar-refractivity contribution < 1.29 is 9.90 Å². The van der Waals surface area contributed by atoms with Crippen molar-refractivity contribution in [2.24, 2.45) is 5.73 Å². The van der Waals surface area contributed by atoms with Crippen molar-refractivity contribution in [3.05, 3.63) is 35.9 Å². The van der Waals surface area contributed by atoms with E-state index < -0.39 is 0 Å². The van der Waals surface area contributed by atoms with Gasteiger partial charge in [0.25, 0.3) is 0 Å². The maximum Gasteiger partial charge on any atom is 0.231 e. The summed E-state index contributed by atoms with van der Waals surface area (Å²) >= 11 is 0. The molecule has 1 fully saturated rings. The van der Waals surface area contributed by atoms with Gasteiger partial charge in [0, 0.05) is 19.6 Å². The number of likely N-dealkylation sites (tertiary alicyclic amines) is 1. The molecule has 1 aliphatic rings. The summed E-state index contributed by atoms with van der Waals surface area (Å²) in [6.45, 7) is 1.58. The third-order valence-corrected chi connectivity index (χ3v) is 3.51. The number of aliphatic hydroxyl groups excluding tert-OH is 1. The van der Waals surface area contributed by atoms with Crippen LogP contribution in [0.25, 0.3) is 0 Å². The minimum absolute atomic E-state index is 0.0793. The first-order valence-electron chi connectivity index (χ1n) is 6.44. The molecule has 3 N–H and O–H groups in total. The second-order valence-corrected chi connectivity index (χ2v) is 4.76. The average molecular weight is 248 g/mol. The third kappa shape index (κ3) is 2.89. The lowest BCUT2D eigenvalue weighted by Gasteiger charge is -2.32. The molecule has 18 heavy (non-hydrogen) atoms. The van der Waals surface area contributed by atoms with E-state index in [4.69, 9.17) is 5.73 Å². The fourth-order valence-corrected chi connectivity index (χ4v) is 2.37. The fourth-order valence-electron chi connectivity index (χ4n) is 2.37. The Hall–Kier alpha value is -1.39. The van der Waals surface area contributed by atoms with Crippen molar-refractivity contribution in [2.45, 2.75) is 24.9 Å². The number of amides is 1. The monoisotopic (exact) mass is 248 g/mol. The number of rotatable bonds is 3. The maximum atomic E-state index is 12.4. The maximum absolute atomic E-state index is 12.4. The number of piperidine rings is 1. The van der Waals surface area contributed by atoms with Crippen LogP contribution >= 0.6 is 0 Å². The number of hydrogen-bond acceptors (Lipinski definition) is 3. The van der Waals surface area contributed by atoms with Gasteiger partial charge in [-0.05, 0) is 18.4 Å². The van der Waals surface area contributed by atoms with Crippen LogP contribution < -0.4 is 5.73 Å². The van der Waals surface area contributed by atoms with Crippen LogP contribution in [-0.4, -0.2) is 41.7 Å². The minimum atomic E-state index is -0.263. The predicted octanol–water partition coefficient (Wildman–Crippen LogP) is 0.712. The normalized spacial score (nSPS) is 18.7. The summed E-state index contributed by atoms with van der Waals surface area (Å²) < 4.78 is 0. The first-order valence-corrected chi connectivity index (χ1v) is 6.44. The Morgan fingerprint density at radius 1 is 1.33 bits per heavy atom. The highest BCUT2D eigenvalue weighted by Gasteiger charge is 2.27. The molecule has 4 nitrogen and oxygen atoms in total. The molecule has 0 saturated carbocycles. The van der Waals surface area contributed by atoms with Crippen molar-refractivity contribution in [1.82, 2.24) is 4.90 Å². The minimum Gasteiger partial charge on any atom is -0.393 e. The summed E-state index contributed by atoms with van der Waals surface area (Å²) in [4.78, 5) is 14.2. The fraction of sp³-hybridized carbons (Fsp3) is 0.500. The second-order valence-electron chi connectivity index (χ2n) is 4.76. The van der Waals surface area contributed by atoms with Gasteiger partial charge in [-0.3, -0.25) is 4.79 Å². The number of hydrogen-bond donors (Lipinski definition) is 2. The van der Waals surface area contributed by atoms with E-state index in [1.807, 2.05) is 35.2 Å². The summed E-state index contributed by atoms with van der Waals surface area (Å²) in [5.74, 6) is -0.183. The smallest absolute Gasteiger partial charge is 0.231 e. The molecule has 0 aromatic heterocycles. The van der Waals surface area contributed by atoms with E-state index >= 15 is 0 Å². The molecular formula is C14H20N2O2. The molecule has 0 radical (unpaired) electrons. The number of carbonyl (C=O) groups excluding carboxylic acids is 1. The van der Waals surface area contributed by atoms with E-state index in [9.17, 15) is 9.90 Å². The van der Waals surface area contributed by atoms with Gasteiger partial charge in [0.05, 0.1) is 12.0 Å². The average Bonchev–Trinajstić information content (AvgIpc) is 2.41. The Morgan fingerprint density at radius 2 is 1.94 bits per heavy atom. The Morgan fingerprint density at radius 3 is 2.50 bits per heavy atom. The Labute approximate surface area is 107 Å². The van der Waals surface area contributed by atoms with Crippen LogP contribution in [0.2, 0.25) is 0 Å². The van der Waals surface area contributed by atoms with E-state index in [1.165, 1.54) is 0 Å². The topological polar surface area (TPSA) is 66.6 Å². The van der Waals surface area contributed by atoms with E-state index in [-0.39, 0.29) is 17.9 Å². The number of nitrogens with two attached hydrogens (primary N) is 1. The molecule has 1 aliphatic heterocycles. The SMILES string of the molecule is NCC(C(=O)N1CCC(O)CC1)c1ccccc1. The number of carbonyl (C=O) groups is 1. The van der Waals surface area contributed by atoms with Crippen molar-refractivity contribution in [3.63, 3.8) is 0 Å². The molecule has 0 spiro atoms. The van der Waals surface area contributed by atoms with E-state index in [0.717, 1.165) is 5.56 Å². The van der Waals surface area contributed by atoms with Gasteiger partial charge >= 0.3 is 0 Å². The molecule has 1 atom stereocenters. The molecule has 1 unspecified atom stereocenters. The third-order valence-electron chi connectivity index (χ3n) is 3.51. The molecular weight excluding hydrogens is 228 g/mol. The first-order chi connectivity index (χ1) is 8.72. The summed E-state index contributed by atoms with van der Waals surface area (Å²) in [5.41, 5.74) is 6.71. The van der Waals surface area contributed by atoms with Gasteiger partial charge in [-0.25, -0.2) is 0 Å². The van der Waals surface area contributed by atoms with E-state index in [2.05, 4.69) is 0 Å². The highest BCUT2D eigenvalue weighted by atomic mass is 16.3. The van der Waals surface area contributed by atoms with Crippen molar-refractivity contribution in [3.8, 4) is 0 Å². The summed E-state index contributed by atoms with van der Waals surface area (Å²) in [7, 11) is 0. The van der Waals surface area contributed by atoms with E-state index in [1.54, 1.807) is 0 Å². The molecule has 1 aromatic rings. The van der Waals surface area contributed by atoms with Gasteiger partial charge in [-0.2, -0.15) is 0 Å². The zero-order valence-electron chi connectivity index (χ0n) is 10.5. The number of benzene rings is 1. The molecule has 1 heterocycles. The van der Waals surface area contributed by atoms with Gasteiger partial charge in [0.1, 0.15) is 0 Å². The lowest BCUT2D eigenvalue weighted by Crippen LogP contribution is -2.43. The van der Waals surface area contributed by atoms with Crippen molar-refractivity contribution >= 4 is 5.91 Å². The lowest BCUT2D eigenvalue weighted by molar-refractivity contribution is -0.134. The predicted molar refractivity (Wildman–Crippen MR) is 70.1 cm³/mol. The van der Waals surface area contributed by atoms with Gasteiger partial charge in [0.2, 0.25) is 5.91 Å². The molecule has 1 amide bonds. The van der Waals surface area contributed by atoms with Crippen LogP contribution in [0.3, 0.4) is 0 Å². The summed E-state index contributed by atoms with van der Waals surface area (Å²) in [6.07, 6.45) is 1.07. The van der Waals surface area contributed by atoms with Gasteiger partial charge in [0.15, 0.2) is 0 Å². The van der Waals surface area contributed by atoms with Crippen LogP contribution in [0.15, 0.2) is 30.3 Å². The highest BCUT2D eigenvalue weighted by molar-refractivity contribution is 5.84. The standard InChI is InChI=1S/C14H20N2O2/c15-10-13(11-4-2-1-3-5-11)14(18)16-8-6-12(17)7-9-16/h1-5,12-13,17H,6-10,15H2. The zero-order valence-corrected chi connectivity index (χ0v) is 10.5. The van der Waals surface area contributed by atoms with Crippen LogP contribution in [0, 0.1) is 0 Å². The zero-order chi connectivity index (χ0) is 13.0. The second kappa shape index (κ2) is 5.98. The molecule has 2 rings (SSSR count). The Bertz CT molecular complexity index is 386. The Balaban J connectivity index is 2.06. The van der Waals surface area contributed by atoms with Gasteiger partial charge in [-0.1, -0.05) is 30.3 Å². The number of aliphatic hydroxyl groups is 1. The largest absolute Gasteiger partial charge is 0.393 e. The van der Waals surface area contributed by atoms with Crippen LogP contribution in [0.5, 0.6) is 0 Å². The summed E-state index contributed by atoms with van der Waals surface area (Å²) in [6, 6.07) is 9.65. The summed E-state index contributed by atoms with van der Waals surface area (Å²) in [5, 5.41) is 9.46. The van der Waals surface area contributed by atoms with E-state index in [0.29, 0.717) is 32.5 Å². The van der Waals surface area contributed by atoms with Crippen molar-refractivity contribution in [1.29, 1.82) is 0 Å². The lowest BCUT2D eigenvalue weighted by atomic mass is 9.96. The molecule has 98 valence electrons. The first kappa shape index (κ1) is 13.1.